The number of allylic oxidation sites excluding steroid dienone is 1. The molecule has 0 heterocycles. The van der Waals surface area contributed by atoms with Crippen molar-refractivity contribution in [3.05, 3.63) is 12.2 Å². The van der Waals surface area contributed by atoms with Gasteiger partial charge < -0.3 is 4.55 Å². The topological polar surface area (TPSA) is 66.4 Å². The maximum absolute atomic E-state index is 10.7. The van der Waals surface area contributed by atoms with Gasteiger partial charge in [0.2, 0.25) is 10.4 Å². The fourth-order valence-electron chi connectivity index (χ4n) is 3.10. The summed E-state index contributed by atoms with van der Waals surface area (Å²) < 4.78 is 36.5. The van der Waals surface area contributed by atoms with Gasteiger partial charge in [-0.2, -0.15) is 0 Å². The minimum Gasteiger partial charge on any atom is -0.726 e. The average molecular weight is 429 g/mol. The second-order valence-electron chi connectivity index (χ2n) is 7.35. The third-order valence-electron chi connectivity index (χ3n) is 4.74. The molecule has 0 saturated carbocycles. The van der Waals surface area contributed by atoms with Gasteiger partial charge in [0.1, 0.15) is 0 Å². The molecule has 0 saturated heterocycles. The quantitative estimate of drug-likeness (QED) is 0.104. The molecule has 1 unspecified atom stereocenters. The predicted octanol–water partition coefficient (Wildman–Crippen LogP) is 3.53. The Morgan fingerprint density at radius 3 is 1.81 bits per heavy atom. The van der Waals surface area contributed by atoms with Crippen molar-refractivity contribution in [3.63, 3.8) is 0 Å². The van der Waals surface area contributed by atoms with Gasteiger partial charge in [0, 0.05) is 5.92 Å². The summed E-state index contributed by atoms with van der Waals surface area (Å²) in [6.45, 7) is 4.39. The molecular formula is C21H41KO4S. The zero-order valence-electron chi connectivity index (χ0n) is 18.1. The van der Waals surface area contributed by atoms with E-state index < -0.39 is 10.4 Å². The summed E-state index contributed by atoms with van der Waals surface area (Å²) in [4.78, 5) is 0. The van der Waals surface area contributed by atoms with Crippen LogP contribution in [0.15, 0.2) is 12.2 Å². The number of hydrogen-bond acceptors (Lipinski definition) is 4. The molecule has 4 nitrogen and oxygen atoms in total. The van der Waals surface area contributed by atoms with Crippen molar-refractivity contribution < 1.29 is 68.5 Å². The van der Waals surface area contributed by atoms with Crippen LogP contribution >= 0.6 is 0 Å². The summed E-state index contributed by atoms with van der Waals surface area (Å²) >= 11 is 0. The van der Waals surface area contributed by atoms with Gasteiger partial charge in [0.25, 0.3) is 0 Å². The molecule has 0 spiro atoms. The molecule has 0 aliphatic heterocycles. The van der Waals surface area contributed by atoms with Gasteiger partial charge in [-0.05, 0) is 19.3 Å². The van der Waals surface area contributed by atoms with Crippen molar-refractivity contribution in [3.8, 4) is 0 Å². The molecule has 0 aromatic rings. The smallest absolute Gasteiger partial charge is 0.726 e. The average Bonchev–Trinajstić information content (AvgIpc) is 2.59. The molecule has 0 aliphatic carbocycles. The van der Waals surface area contributed by atoms with Crippen LogP contribution in [0.4, 0.5) is 0 Å². The molecule has 0 aliphatic rings. The third kappa shape index (κ3) is 25.2. The van der Waals surface area contributed by atoms with Crippen LogP contribution in [-0.2, 0) is 14.6 Å². The van der Waals surface area contributed by atoms with Gasteiger partial charge in [-0.1, -0.05) is 103 Å². The van der Waals surface area contributed by atoms with Crippen LogP contribution in [-0.4, -0.2) is 19.6 Å². The van der Waals surface area contributed by atoms with Gasteiger partial charge in [0.15, 0.2) is 0 Å². The SMILES string of the molecule is CCCCCCCCCCC/C=C/C(CCCCCC)COS(=O)(=O)[O-].[K+]. The van der Waals surface area contributed by atoms with E-state index in [9.17, 15) is 13.0 Å². The van der Waals surface area contributed by atoms with Gasteiger partial charge >= 0.3 is 51.4 Å². The van der Waals surface area contributed by atoms with Crippen molar-refractivity contribution in [2.75, 3.05) is 6.61 Å². The van der Waals surface area contributed by atoms with Gasteiger partial charge in [-0.15, -0.1) is 0 Å². The van der Waals surface area contributed by atoms with E-state index in [1.54, 1.807) is 0 Å². The Kier molecular flexibility index (Phi) is 24.7. The second-order valence-corrected chi connectivity index (χ2v) is 8.40. The molecule has 1 atom stereocenters. The Hall–Kier alpha value is 1.25. The standard InChI is InChI=1S/C21H42O4S.K/c1-3-5-7-9-10-11-12-13-14-15-17-19-21(18-16-8-6-4-2)20-25-26(22,23)24;/h17,19,21H,3-16,18,20H2,1-2H3,(H,22,23,24);/q;+1/p-1/b19-17+;. The molecule has 0 rings (SSSR count). The van der Waals surface area contributed by atoms with Crippen LogP contribution in [0.25, 0.3) is 0 Å². The zero-order chi connectivity index (χ0) is 19.5. The number of rotatable bonds is 19. The van der Waals surface area contributed by atoms with Gasteiger partial charge in [-0.3, -0.25) is 4.18 Å². The molecule has 0 radical (unpaired) electrons. The van der Waals surface area contributed by atoms with Crippen molar-refractivity contribution in [1.29, 1.82) is 0 Å². The maximum atomic E-state index is 10.7. The maximum Gasteiger partial charge on any atom is 1.00 e. The van der Waals surface area contributed by atoms with Crippen molar-refractivity contribution in [1.82, 2.24) is 0 Å². The molecule has 0 fully saturated rings. The molecule has 0 N–H and O–H groups in total. The van der Waals surface area contributed by atoms with Crippen LogP contribution in [0.1, 0.15) is 110 Å². The monoisotopic (exact) mass is 428 g/mol. The van der Waals surface area contributed by atoms with Crippen LogP contribution in [0.3, 0.4) is 0 Å². The molecular weight excluding hydrogens is 387 g/mol. The van der Waals surface area contributed by atoms with E-state index in [-0.39, 0.29) is 63.9 Å². The third-order valence-corrected chi connectivity index (χ3v) is 5.16. The first-order valence-electron chi connectivity index (χ1n) is 10.8. The van der Waals surface area contributed by atoms with Crippen molar-refractivity contribution in [2.24, 2.45) is 5.92 Å². The minimum absolute atomic E-state index is 0. The Morgan fingerprint density at radius 2 is 1.30 bits per heavy atom. The molecule has 27 heavy (non-hydrogen) atoms. The van der Waals surface area contributed by atoms with Crippen molar-refractivity contribution >= 4 is 10.4 Å². The zero-order valence-corrected chi connectivity index (χ0v) is 22.0. The van der Waals surface area contributed by atoms with Crippen molar-refractivity contribution in [2.45, 2.75) is 110 Å². The molecule has 0 aromatic heterocycles. The Balaban J connectivity index is 0. The Morgan fingerprint density at radius 1 is 0.815 bits per heavy atom. The van der Waals surface area contributed by atoms with Crippen LogP contribution in [0, 0.1) is 5.92 Å². The summed E-state index contributed by atoms with van der Waals surface area (Å²) in [6, 6.07) is 0. The summed E-state index contributed by atoms with van der Waals surface area (Å²) in [5, 5.41) is 0. The fraction of sp³-hybridized carbons (Fsp3) is 0.905. The van der Waals surface area contributed by atoms with E-state index >= 15 is 0 Å². The molecule has 0 bridgehead atoms. The Labute approximate surface area is 211 Å². The van der Waals surface area contributed by atoms with E-state index in [1.807, 2.05) is 6.08 Å². The number of hydrogen-bond donors (Lipinski definition) is 0. The molecule has 156 valence electrons. The fourth-order valence-corrected chi connectivity index (χ4v) is 3.44. The van der Waals surface area contributed by atoms with Crippen LogP contribution in [0.2, 0.25) is 0 Å². The molecule has 6 heteroatoms. The Bertz CT molecular complexity index is 424. The summed E-state index contributed by atoms with van der Waals surface area (Å²) in [5.41, 5.74) is 0. The first-order valence-corrected chi connectivity index (χ1v) is 12.1. The summed E-state index contributed by atoms with van der Waals surface area (Å²) in [6.07, 6.45) is 22.5. The van der Waals surface area contributed by atoms with E-state index in [0.29, 0.717) is 0 Å². The van der Waals surface area contributed by atoms with E-state index in [0.717, 1.165) is 25.7 Å². The summed E-state index contributed by atoms with van der Waals surface area (Å²) in [7, 11) is -4.59. The van der Waals surface area contributed by atoms with Gasteiger partial charge in [0.05, 0.1) is 6.61 Å². The first-order chi connectivity index (χ1) is 12.5. The van der Waals surface area contributed by atoms with E-state index in [4.69, 9.17) is 0 Å². The number of unbranched alkanes of at least 4 members (excludes halogenated alkanes) is 12. The molecule has 0 amide bonds. The predicted molar refractivity (Wildman–Crippen MR) is 109 cm³/mol. The molecule has 0 aromatic carbocycles. The van der Waals surface area contributed by atoms with E-state index in [2.05, 4.69) is 24.1 Å². The van der Waals surface area contributed by atoms with Crippen LogP contribution < -0.4 is 51.4 Å². The van der Waals surface area contributed by atoms with E-state index in [1.165, 1.54) is 70.6 Å². The van der Waals surface area contributed by atoms with Gasteiger partial charge in [-0.25, -0.2) is 8.42 Å². The summed E-state index contributed by atoms with van der Waals surface area (Å²) in [5.74, 6) is 0.0224. The normalized spacial score (nSPS) is 13.0. The largest absolute Gasteiger partial charge is 1.00 e. The second kappa shape index (κ2) is 21.9. The first kappa shape index (κ1) is 30.4. The van der Waals surface area contributed by atoms with Crippen LogP contribution in [0.5, 0.6) is 0 Å². The minimum atomic E-state index is -4.59.